The van der Waals surface area contributed by atoms with E-state index in [0.717, 1.165) is 0 Å². The molecule has 1 rings (SSSR count). The highest BCUT2D eigenvalue weighted by atomic mass is 79.9. The number of carbonyl (C=O) groups is 1. The van der Waals surface area contributed by atoms with Gasteiger partial charge in [0.1, 0.15) is 5.82 Å². The van der Waals surface area contributed by atoms with Gasteiger partial charge >= 0.3 is 0 Å². The third-order valence-corrected chi connectivity index (χ3v) is 2.80. The number of rotatable bonds is 4. The zero-order chi connectivity index (χ0) is 12.1. The van der Waals surface area contributed by atoms with Gasteiger partial charge in [-0.05, 0) is 25.5 Å². The summed E-state index contributed by atoms with van der Waals surface area (Å²) in [5, 5.41) is 0.694. The summed E-state index contributed by atoms with van der Waals surface area (Å²) in [5.41, 5.74) is 0.656. The molecule has 16 heavy (non-hydrogen) atoms. The number of hydrogen-bond donors (Lipinski definition) is 0. The van der Waals surface area contributed by atoms with Crippen molar-refractivity contribution in [3.8, 4) is 0 Å². The van der Waals surface area contributed by atoms with Crippen molar-refractivity contribution in [2.75, 3.05) is 18.4 Å². The van der Waals surface area contributed by atoms with E-state index in [-0.39, 0.29) is 11.5 Å². The topological polar surface area (TPSA) is 20.3 Å². The minimum Gasteiger partial charge on any atom is -0.338 e. The van der Waals surface area contributed by atoms with Crippen LogP contribution < -0.4 is 0 Å². The molecule has 0 aromatic heterocycles. The van der Waals surface area contributed by atoms with Crippen molar-refractivity contribution >= 4 is 21.8 Å². The summed E-state index contributed by atoms with van der Waals surface area (Å²) in [5.74, 6) is -0.663. The zero-order valence-corrected chi connectivity index (χ0v) is 11.1. The van der Waals surface area contributed by atoms with E-state index < -0.39 is 5.82 Å². The minimum absolute atomic E-state index is 0.155. The smallest absolute Gasteiger partial charge is 0.256 e. The molecule has 0 atom stereocenters. The molecule has 1 amide bonds. The molecule has 0 aliphatic rings. The Hall–Kier alpha value is -0.900. The number of carbonyl (C=O) groups excluding carboxylic acids is 1. The number of aryl methyl sites for hydroxylation is 1. The molecule has 0 radical (unpaired) electrons. The molecule has 1 aromatic carbocycles. The predicted molar refractivity (Wildman–Crippen MR) is 66.5 cm³/mol. The van der Waals surface area contributed by atoms with E-state index in [1.807, 2.05) is 6.92 Å². The monoisotopic (exact) mass is 287 g/mol. The van der Waals surface area contributed by atoms with Crippen LogP contribution in [0.2, 0.25) is 0 Å². The Morgan fingerprint density at radius 3 is 2.75 bits per heavy atom. The number of benzene rings is 1. The number of hydrogen-bond acceptors (Lipinski definition) is 1. The molecule has 0 saturated carbocycles. The normalized spacial score (nSPS) is 10.2. The fourth-order valence-corrected chi connectivity index (χ4v) is 1.92. The Morgan fingerprint density at radius 2 is 2.19 bits per heavy atom. The van der Waals surface area contributed by atoms with Crippen molar-refractivity contribution in [3.05, 3.63) is 35.1 Å². The summed E-state index contributed by atoms with van der Waals surface area (Å²) in [6.07, 6.45) is 0. The van der Waals surface area contributed by atoms with Gasteiger partial charge in [0.05, 0.1) is 5.56 Å². The van der Waals surface area contributed by atoms with Crippen molar-refractivity contribution in [3.63, 3.8) is 0 Å². The summed E-state index contributed by atoms with van der Waals surface area (Å²) >= 11 is 3.28. The SMILES string of the molecule is CCN(CCBr)C(=O)c1cccc(C)c1F. The Morgan fingerprint density at radius 1 is 1.50 bits per heavy atom. The third-order valence-electron chi connectivity index (χ3n) is 2.45. The van der Waals surface area contributed by atoms with Crippen molar-refractivity contribution in [2.45, 2.75) is 13.8 Å². The highest BCUT2D eigenvalue weighted by Crippen LogP contribution is 2.14. The second-order valence-electron chi connectivity index (χ2n) is 3.51. The van der Waals surface area contributed by atoms with E-state index in [4.69, 9.17) is 0 Å². The van der Waals surface area contributed by atoms with Crippen molar-refractivity contribution in [2.24, 2.45) is 0 Å². The molecule has 4 heteroatoms. The van der Waals surface area contributed by atoms with E-state index in [2.05, 4.69) is 15.9 Å². The lowest BCUT2D eigenvalue weighted by Gasteiger charge is -2.20. The van der Waals surface area contributed by atoms with Gasteiger partial charge in [-0.25, -0.2) is 4.39 Å². The van der Waals surface area contributed by atoms with Gasteiger partial charge in [-0.15, -0.1) is 0 Å². The molecule has 88 valence electrons. The molecule has 0 fully saturated rings. The standard InChI is InChI=1S/C12H15BrFNO/c1-3-15(8-7-13)12(16)10-6-4-5-9(2)11(10)14/h4-6H,3,7-8H2,1-2H3. The van der Waals surface area contributed by atoms with Crippen LogP contribution in [0, 0.1) is 12.7 Å². The van der Waals surface area contributed by atoms with E-state index in [1.54, 1.807) is 24.0 Å². The quantitative estimate of drug-likeness (QED) is 0.780. The van der Waals surface area contributed by atoms with Crippen molar-refractivity contribution in [1.82, 2.24) is 4.90 Å². The second kappa shape index (κ2) is 5.99. The van der Waals surface area contributed by atoms with Gasteiger partial charge in [0.25, 0.3) is 5.91 Å². The van der Waals surface area contributed by atoms with Crippen LogP contribution in [0.25, 0.3) is 0 Å². The van der Waals surface area contributed by atoms with Crippen LogP contribution in [0.4, 0.5) is 4.39 Å². The molecule has 0 saturated heterocycles. The molecule has 0 aliphatic carbocycles. The summed E-state index contributed by atoms with van der Waals surface area (Å²) in [6, 6.07) is 4.89. The van der Waals surface area contributed by atoms with E-state index >= 15 is 0 Å². The van der Waals surface area contributed by atoms with Crippen LogP contribution >= 0.6 is 15.9 Å². The van der Waals surface area contributed by atoms with Gasteiger partial charge in [-0.3, -0.25) is 4.79 Å². The molecule has 0 N–H and O–H groups in total. The lowest BCUT2D eigenvalue weighted by molar-refractivity contribution is 0.0770. The Bertz CT molecular complexity index is 381. The lowest BCUT2D eigenvalue weighted by Crippen LogP contribution is -2.33. The minimum atomic E-state index is -0.416. The average Bonchev–Trinajstić information content (AvgIpc) is 2.29. The number of halogens is 2. The first-order valence-corrected chi connectivity index (χ1v) is 6.34. The van der Waals surface area contributed by atoms with Gasteiger partial charge in [-0.1, -0.05) is 28.1 Å². The summed E-state index contributed by atoms with van der Waals surface area (Å²) < 4.78 is 13.7. The Labute approximate surface area is 104 Å². The molecule has 0 heterocycles. The first kappa shape index (κ1) is 13.2. The maximum absolute atomic E-state index is 13.7. The molecule has 0 bridgehead atoms. The fourth-order valence-electron chi connectivity index (χ4n) is 1.49. The molecular weight excluding hydrogens is 273 g/mol. The largest absolute Gasteiger partial charge is 0.338 e. The first-order chi connectivity index (χ1) is 7.61. The Kier molecular flexibility index (Phi) is 4.93. The van der Waals surface area contributed by atoms with Crippen LogP contribution in [0.15, 0.2) is 18.2 Å². The van der Waals surface area contributed by atoms with Crippen molar-refractivity contribution in [1.29, 1.82) is 0 Å². The Balaban J connectivity index is 2.99. The molecule has 2 nitrogen and oxygen atoms in total. The lowest BCUT2D eigenvalue weighted by atomic mass is 10.1. The van der Waals surface area contributed by atoms with Gasteiger partial charge in [0.2, 0.25) is 0 Å². The van der Waals surface area contributed by atoms with Gasteiger partial charge in [0.15, 0.2) is 0 Å². The highest BCUT2D eigenvalue weighted by Gasteiger charge is 2.18. The van der Waals surface area contributed by atoms with E-state index in [1.165, 1.54) is 6.07 Å². The van der Waals surface area contributed by atoms with Crippen LogP contribution in [0.5, 0.6) is 0 Å². The van der Waals surface area contributed by atoms with Crippen molar-refractivity contribution < 1.29 is 9.18 Å². The van der Waals surface area contributed by atoms with Gasteiger partial charge in [-0.2, -0.15) is 0 Å². The highest BCUT2D eigenvalue weighted by molar-refractivity contribution is 9.09. The van der Waals surface area contributed by atoms with E-state index in [0.29, 0.717) is 24.0 Å². The van der Waals surface area contributed by atoms with E-state index in [9.17, 15) is 9.18 Å². The predicted octanol–water partition coefficient (Wildman–Crippen LogP) is 2.99. The molecule has 1 aromatic rings. The fraction of sp³-hybridized carbons (Fsp3) is 0.417. The number of nitrogens with zero attached hydrogens (tertiary/aromatic N) is 1. The number of alkyl halides is 1. The maximum atomic E-state index is 13.7. The first-order valence-electron chi connectivity index (χ1n) is 5.22. The molecule has 0 spiro atoms. The van der Waals surface area contributed by atoms with Crippen LogP contribution in [-0.4, -0.2) is 29.2 Å². The summed E-state index contributed by atoms with van der Waals surface area (Å²) in [6.45, 7) is 4.71. The molecule has 0 unspecified atom stereocenters. The second-order valence-corrected chi connectivity index (χ2v) is 4.30. The van der Waals surface area contributed by atoms with Gasteiger partial charge < -0.3 is 4.90 Å². The third kappa shape index (κ3) is 2.82. The summed E-state index contributed by atoms with van der Waals surface area (Å²) in [7, 11) is 0. The summed E-state index contributed by atoms with van der Waals surface area (Å²) in [4.78, 5) is 13.6. The van der Waals surface area contributed by atoms with Crippen LogP contribution in [0.1, 0.15) is 22.8 Å². The zero-order valence-electron chi connectivity index (χ0n) is 9.46. The average molecular weight is 288 g/mol. The van der Waals surface area contributed by atoms with Gasteiger partial charge in [0, 0.05) is 18.4 Å². The maximum Gasteiger partial charge on any atom is 0.256 e. The molecule has 0 aliphatic heterocycles. The number of amides is 1. The van der Waals surface area contributed by atoms with Crippen LogP contribution in [-0.2, 0) is 0 Å². The molecular formula is C12H15BrFNO. The van der Waals surface area contributed by atoms with Crippen LogP contribution in [0.3, 0.4) is 0 Å².